The predicted molar refractivity (Wildman–Crippen MR) is 58.9 cm³/mol. The molecular formula is C12H19NO3. The average molecular weight is 225 g/mol. The first-order valence-electron chi connectivity index (χ1n) is 6.20. The third-order valence-corrected chi connectivity index (χ3v) is 3.80. The number of likely N-dealkylation sites (tertiary alicyclic amines) is 1. The van der Waals surface area contributed by atoms with Gasteiger partial charge in [-0.05, 0) is 19.3 Å². The molecule has 0 bridgehead atoms. The summed E-state index contributed by atoms with van der Waals surface area (Å²) in [5.74, 6) is -0.740. The van der Waals surface area contributed by atoms with Gasteiger partial charge >= 0.3 is 5.97 Å². The number of amides is 1. The number of carbonyl (C=O) groups is 2. The van der Waals surface area contributed by atoms with Crippen molar-refractivity contribution in [3.8, 4) is 0 Å². The van der Waals surface area contributed by atoms with Crippen molar-refractivity contribution in [2.24, 2.45) is 11.8 Å². The molecule has 1 saturated carbocycles. The normalized spacial score (nSPS) is 27.0. The van der Waals surface area contributed by atoms with Gasteiger partial charge in [0.2, 0.25) is 5.91 Å². The van der Waals surface area contributed by atoms with E-state index in [1.54, 1.807) is 4.90 Å². The lowest BCUT2D eigenvalue weighted by Crippen LogP contribution is -2.36. The van der Waals surface area contributed by atoms with E-state index in [4.69, 9.17) is 5.11 Å². The minimum absolute atomic E-state index is 0.168. The van der Waals surface area contributed by atoms with Crippen molar-refractivity contribution in [2.75, 3.05) is 13.1 Å². The fourth-order valence-corrected chi connectivity index (χ4v) is 2.77. The van der Waals surface area contributed by atoms with Gasteiger partial charge in [-0.3, -0.25) is 9.59 Å². The number of carboxylic acid groups (broad SMARTS) is 1. The van der Waals surface area contributed by atoms with E-state index >= 15 is 0 Å². The van der Waals surface area contributed by atoms with Crippen molar-refractivity contribution in [1.82, 2.24) is 4.90 Å². The van der Waals surface area contributed by atoms with Crippen LogP contribution in [0.4, 0.5) is 0 Å². The van der Waals surface area contributed by atoms with E-state index in [1.165, 1.54) is 6.42 Å². The number of carbonyl (C=O) groups excluding carboxylic acids is 1. The second-order valence-corrected chi connectivity index (χ2v) is 4.94. The van der Waals surface area contributed by atoms with E-state index in [9.17, 15) is 9.59 Å². The molecule has 0 radical (unpaired) electrons. The largest absolute Gasteiger partial charge is 0.481 e. The minimum atomic E-state index is -0.765. The monoisotopic (exact) mass is 225 g/mol. The van der Waals surface area contributed by atoms with E-state index in [0.717, 1.165) is 25.7 Å². The summed E-state index contributed by atoms with van der Waals surface area (Å²) in [7, 11) is 0. The lowest BCUT2D eigenvalue weighted by Gasteiger charge is -2.26. The van der Waals surface area contributed by atoms with Gasteiger partial charge in [-0.1, -0.05) is 19.3 Å². The molecule has 2 aliphatic rings. The molecule has 1 unspecified atom stereocenters. The summed E-state index contributed by atoms with van der Waals surface area (Å²) in [5.41, 5.74) is 0. The SMILES string of the molecule is O=C(O)C1CCN(C(=O)C2CCCCC2)C1. The van der Waals surface area contributed by atoms with Crippen LogP contribution >= 0.6 is 0 Å². The molecule has 0 aromatic rings. The molecule has 0 spiro atoms. The lowest BCUT2D eigenvalue weighted by molar-refractivity contribution is -0.141. The number of carboxylic acids is 1. The maximum Gasteiger partial charge on any atom is 0.308 e. The number of aliphatic carboxylic acids is 1. The van der Waals surface area contributed by atoms with E-state index < -0.39 is 5.97 Å². The van der Waals surface area contributed by atoms with E-state index in [0.29, 0.717) is 19.5 Å². The van der Waals surface area contributed by atoms with Crippen LogP contribution in [0.2, 0.25) is 0 Å². The highest BCUT2D eigenvalue weighted by molar-refractivity contribution is 5.80. The Kier molecular flexibility index (Phi) is 3.46. The smallest absolute Gasteiger partial charge is 0.308 e. The van der Waals surface area contributed by atoms with Crippen LogP contribution in [0.1, 0.15) is 38.5 Å². The van der Waals surface area contributed by atoms with Gasteiger partial charge in [-0.15, -0.1) is 0 Å². The molecule has 16 heavy (non-hydrogen) atoms. The molecular weight excluding hydrogens is 206 g/mol. The standard InChI is InChI=1S/C12H19NO3/c14-11(9-4-2-1-3-5-9)13-7-6-10(8-13)12(15)16/h9-10H,1-8H2,(H,15,16). The molecule has 1 heterocycles. The first kappa shape index (κ1) is 11.4. The van der Waals surface area contributed by atoms with Crippen LogP contribution in [-0.2, 0) is 9.59 Å². The first-order valence-corrected chi connectivity index (χ1v) is 6.20. The number of hydrogen-bond donors (Lipinski definition) is 1. The fourth-order valence-electron chi connectivity index (χ4n) is 2.77. The van der Waals surface area contributed by atoms with Crippen molar-refractivity contribution in [2.45, 2.75) is 38.5 Å². The molecule has 1 aliphatic heterocycles. The molecule has 4 nitrogen and oxygen atoms in total. The van der Waals surface area contributed by atoms with Crippen LogP contribution < -0.4 is 0 Å². The Hall–Kier alpha value is -1.06. The number of nitrogens with zero attached hydrogens (tertiary/aromatic N) is 1. The van der Waals surface area contributed by atoms with Crippen LogP contribution in [0.3, 0.4) is 0 Å². The molecule has 1 N–H and O–H groups in total. The molecule has 1 aliphatic carbocycles. The molecule has 0 aromatic heterocycles. The summed E-state index contributed by atoms with van der Waals surface area (Å²) in [5, 5.41) is 8.89. The van der Waals surface area contributed by atoms with E-state index in [-0.39, 0.29) is 17.7 Å². The van der Waals surface area contributed by atoms with Gasteiger partial charge < -0.3 is 10.0 Å². The zero-order chi connectivity index (χ0) is 11.5. The van der Waals surface area contributed by atoms with Crippen LogP contribution in [0.5, 0.6) is 0 Å². The highest BCUT2D eigenvalue weighted by Gasteiger charge is 2.34. The van der Waals surface area contributed by atoms with Gasteiger partial charge in [0.05, 0.1) is 5.92 Å². The van der Waals surface area contributed by atoms with Crippen molar-refractivity contribution in [3.63, 3.8) is 0 Å². The molecule has 0 aromatic carbocycles. The number of hydrogen-bond acceptors (Lipinski definition) is 2. The second-order valence-electron chi connectivity index (χ2n) is 4.94. The van der Waals surface area contributed by atoms with Crippen LogP contribution in [-0.4, -0.2) is 35.0 Å². The van der Waals surface area contributed by atoms with Gasteiger partial charge in [-0.25, -0.2) is 0 Å². The predicted octanol–water partition coefficient (Wildman–Crippen LogP) is 1.50. The molecule has 1 amide bonds. The molecule has 1 saturated heterocycles. The van der Waals surface area contributed by atoms with E-state index in [1.807, 2.05) is 0 Å². The summed E-state index contributed by atoms with van der Waals surface area (Å²) >= 11 is 0. The van der Waals surface area contributed by atoms with Crippen molar-refractivity contribution in [3.05, 3.63) is 0 Å². The Morgan fingerprint density at radius 1 is 1.00 bits per heavy atom. The maximum atomic E-state index is 12.1. The van der Waals surface area contributed by atoms with Gasteiger partial charge in [0.15, 0.2) is 0 Å². The second kappa shape index (κ2) is 4.85. The number of rotatable bonds is 2. The molecule has 4 heteroatoms. The third kappa shape index (κ3) is 2.36. The zero-order valence-corrected chi connectivity index (χ0v) is 9.52. The van der Waals surface area contributed by atoms with Crippen LogP contribution in [0, 0.1) is 11.8 Å². The summed E-state index contributed by atoms with van der Waals surface area (Å²) in [6.45, 7) is 1.05. The molecule has 1 atom stereocenters. The molecule has 2 fully saturated rings. The first-order chi connectivity index (χ1) is 7.68. The molecule has 90 valence electrons. The Balaban J connectivity index is 1.88. The summed E-state index contributed by atoms with van der Waals surface area (Å²) in [6, 6.07) is 0. The summed E-state index contributed by atoms with van der Waals surface area (Å²) in [4.78, 5) is 24.7. The van der Waals surface area contributed by atoms with Crippen molar-refractivity contribution < 1.29 is 14.7 Å². The Bertz CT molecular complexity index is 284. The third-order valence-electron chi connectivity index (χ3n) is 3.80. The Morgan fingerprint density at radius 3 is 2.25 bits per heavy atom. The quantitative estimate of drug-likeness (QED) is 0.774. The van der Waals surface area contributed by atoms with Crippen LogP contribution in [0.15, 0.2) is 0 Å². The van der Waals surface area contributed by atoms with Gasteiger partial charge in [0, 0.05) is 19.0 Å². The zero-order valence-electron chi connectivity index (χ0n) is 9.52. The maximum absolute atomic E-state index is 12.1. The van der Waals surface area contributed by atoms with Crippen LogP contribution in [0.25, 0.3) is 0 Å². The Morgan fingerprint density at radius 2 is 1.69 bits per heavy atom. The highest BCUT2D eigenvalue weighted by Crippen LogP contribution is 2.27. The van der Waals surface area contributed by atoms with Gasteiger partial charge in [0.25, 0.3) is 0 Å². The fraction of sp³-hybridized carbons (Fsp3) is 0.833. The highest BCUT2D eigenvalue weighted by atomic mass is 16.4. The Labute approximate surface area is 95.6 Å². The van der Waals surface area contributed by atoms with E-state index in [2.05, 4.69) is 0 Å². The molecule has 2 rings (SSSR count). The minimum Gasteiger partial charge on any atom is -0.481 e. The lowest BCUT2D eigenvalue weighted by atomic mass is 9.88. The van der Waals surface area contributed by atoms with Crippen molar-refractivity contribution in [1.29, 1.82) is 0 Å². The average Bonchev–Trinajstić information content (AvgIpc) is 2.78. The van der Waals surface area contributed by atoms with Gasteiger partial charge in [-0.2, -0.15) is 0 Å². The van der Waals surface area contributed by atoms with Crippen molar-refractivity contribution >= 4 is 11.9 Å². The topological polar surface area (TPSA) is 57.6 Å². The summed E-state index contributed by atoms with van der Waals surface area (Å²) < 4.78 is 0. The summed E-state index contributed by atoms with van der Waals surface area (Å²) in [6.07, 6.45) is 6.13. The van der Waals surface area contributed by atoms with Gasteiger partial charge in [0.1, 0.15) is 0 Å².